The van der Waals surface area contributed by atoms with Gasteiger partial charge < -0.3 is 19.9 Å². The Morgan fingerprint density at radius 3 is 2.88 bits per heavy atom. The summed E-state index contributed by atoms with van der Waals surface area (Å²) in [6.45, 7) is 4.75. The first-order chi connectivity index (χ1) is 12.2. The van der Waals surface area contributed by atoms with E-state index in [2.05, 4.69) is 28.2 Å². The monoisotopic (exact) mass is 340 g/mol. The third kappa shape index (κ3) is 4.21. The van der Waals surface area contributed by atoms with Crippen molar-refractivity contribution in [2.24, 2.45) is 0 Å². The molecule has 2 amide bonds. The zero-order chi connectivity index (χ0) is 17.6. The third-order valence-electron chi connectivity index (χ3n) is 4.28. The second-order valence-electron chi connectivity index (χ2n) is 6.11. The average Bonchev–Trinajstić information content (AvgIpc) is 2.66. The summed E-state index contributed by atoms with van der Waals surface area (Å²) in [5.74, 6) is 0.878. The van der Waals surface area contributed by atoms with Gasteiger partial charge in [-0.3, -0.25) is 4.98 Å². The number of fused-ring (bicyclic) bond motifs is 1. The number of hydrogen-bond acceptors (Lipinski definition) is 4. The van der Waals surface area contributed by atoms with E-state index >= 15 is 0 Å². The molecule has 0 saturated carbocycles. The van der Waals surface area contributed by atoms with E-state index in [-0.39, 0.29) is 12.1 Å². The summed E-state index contributed by atoms with van der Waals surface area (Å²) >= 11 is 0. The maximum absolute atomic E-state index is 12.3. The predicted octanol–water partition coefficient (Wildman–Crippen LogP) is 2.51. The third-order valence-corrected chi connectivity index (χ3v) is 4.28. The number of likely N-dealkylation sites (N-methyl/N-ethyl adjacent to an activating group) is 2. The van der Waals surface area contributed by atoms with Gasteiger partial charge in [-0.2, -0.15) is 0 Å². The number of pyridine rings is 1. The molecule has 1 aliphatic heterocycles. The number of aromatic nitrogens is 1. The summed E-state index contributed by atoms with van der Waals surface area (Å²) in [5, 5.41) is 2.89. The van der Waals surface area contributed by atoms with E-state index in [1.165, 1.54) is 0 Å². The fourth-order valence-corrected chi connectivity index (χ4v) is 2.97. The Kier molecular flexibility index (Phi) is 5.38. The summed E-state index contributed by atoms with van der Waals surface area (Å²) in [4.78, 5) is 20.5. The Hall–Kier alpha value is -2.76. The van der Waals surface area contributed by atoms with Crippen molar-refractivity contribution in [3.05, 3.63) is 54.4 Å². The topological polar surface area (TPSA) is 57.7 Å². The normalized spacial score (nSPS) is 15.9. The molecule has 2 heterocycles. The van der Waals surface area contributed by atoms with Crippen LogP contribution in [0.25, 0.3) is 0 Å². The maximum Gasteiger partial charge on any atom is 0.317 e. The molecule has 0 saturated heterocycles. The Labute approximate surface area is 148 Å². The van der Waals surface area contributed by atoms with Crippen LogP contribution in [0.4, 0.5) is 10.5 Å². The van der Waals surface area contributed by atoms with Crippen molar-refractivity contribution < 1.29 is 9.53 Å². The van der Waals surface area contributed by atoms with Gasteiger partial charge in [0.15, 0.2) is 0 Å². The highest BCUT2D eigenvalue weighted by Crippen LogP contribution is 2.32. The molecule has 1 atom stereocenters. The van der Waals surface area contributed by atoms with Gasteiger partial charge in [0.05, 0.1) is 31.0 Å². The maximum atomic E-state index is 12.3. The molecule has 0 spiro atoms. The number of amides is 2. The molecule has 0 fully saturated rings. The van der Waals surface area contributed by atoms with Crippen LogP contribution in [0.2, 0.25) is 0 Å². The number of hydrogen-bond donors (Lipinski definition) is 1. The fraction of sp³-hybridized carbons (Fsp3) is 0.368. The molecule has 2 aromatic rings. The number of para-hydroxylation sites is 2. The van der Waals surface area contributed by atoms with Crippen molar-refractivity contribution in [1.82, 2.24) is 15.2 Å². The first-order valence-electron chi connectivity index (χ1n) is 8.57. The molecule has 0 radical (unpaired) electrons. The van der Waals surface area contributed by atoms with E-state index in [4.69, 9.17) is 4.74 Å². The fourth-order valence-electron chi connectivity index (χ4n) is 2.97. The highest BCUT2D eigenvalue weighted by Gasteiger charge is 2.26. The zero-order valence-corrected chi connectivity index (χ0v) is 14.7. The van der Waals surface area contributed by atoms with Crippen molar-refractivity contribution >= 4 is 11.7 Å². The summed E-state index contributed by atoms with van der Waals surface area (Å²) in [6.07, 6.45) is 1.66. The van der Waals surface area contributed by atoms with Gasteiger partial charge in [0.1, 0.15) is 11.9 Å². The van der Waals surface area contributed by atoms with E-state index in [0.29, 0.717) is 13.1 Å². The van der Waals surface area contributed by atoms with E-state index < -0.39 is 0 Å². The number of carbonyl (C=O) groups is 1. The summed E-state index contributed by atoms with van der Waals surface area (Å²) in [7, 11) is 1.79. The first-order valence-corrected chi connectivity index (χ1v) is 8.57. The summed E-state index contributed by atoms with van der Waals surface area (Å²) in [6, 6.07) is 13.6. The Bertz CT molecular complexity index is 708. The molecule has 25 heavy (non-hydrogen) atoms. The van der Waals surface area contributed by atoms with Gasteiger partial charge in [-0.25, -0.2) is 4.79 Å². The van der Waals surface area contributed by atoms with Crippen LogP contribution >= 0.6 is 0 Å². The quantitative estimate of drug-likeness (QED) is 0.909. The number of anilines is 1. The predicted molar refractivity (Wildman–Crippen MR) is 97.8 cm³/mol. The molecular weight excluding hydrogens is 316 g/mol. The van der Waals surface area contributed by atoms with Crippen LogP contribution in [0.1, 0.15) is 12.6 Å². The van der Waals surface area contributed by atoms with Crippen molar-refractivity contribution in [3.8, 4) is 5.75 Å². The molecule has 132 valence electrons. The van der Waals surface area contributed by atoms with Gasteiger partial charge >= 0.3 is 6.03 Å². The van der Waals surface area contributed by atoms with Gasteiger partial charge in [0, 0.05) is 19.8 Å². The van der Waals surface area contributed by atoms with Crippen LogP contribution in [0.5, 0.6) is 5.75 Å². The first kappa shape index (κ1) is 17.1. The van der Waals surface area contributed by atoms with Crippen LogP contribution in [0, 0.1) is 0 Å². The Morgan fingerprint density at radius 2 is 2.12 bits per heavy atom. The summed E-state index contributed by atoms with van der Waals surface area (Å²) in [5.41, 5.74) is 1.95. The van der Waals surface area contributed by atoms with Gasteiger partial charge in [-0.05, 0) is 31.2 Å². The highest BCUT2D eigenvalue weighted by molar-refractivity contribution is 5.73. The van der Waals surface area contributed by atoms with Crippen LogP contribution < -0.4 is 15.0 Å². The lowest BCUT2D eigenvalue weighted by atomic mass is 10.2. The number of ether oxygens (including phenoxy) is 1. The van der Waals surface area contributed by atoms with Crippen LogP contribution in [0.15, 0.2) is 48.7 Å². The lowest BCUT2D eigenvalue weighted by Crippen LogP contribution is -2.48. The molecule has 1 aromatic heterocycles. The van der Waals surface area contributed by atoms with Crippen molar-refractivity contribution in [2.75, 3.05) is 31.6 Å². The second-order valence-corrected chi connectivity index (χ2v) is 6.11. The van der Waals surface area contributed by atoms with E-state index in [1.807, 2.05) is 36.4 Å². The second kappa shape index (κ2) is 7.88. The summed E-state index contributed by atoms with van der Waals surface area (Å²) < 4.78 is 6.07. The minimum atomic E-state index is -0.129. The van der Waals surface area contributed by atoms with E-state index in [9.17, 15) is 4.79 Å². The van der Waals surface area contributed by atoms with Gasteiger partial charge in [-0.15, -0.1) is 0 Å². The number of nitrogens with one attached hydrogen (secondary N) is 1. The lowest BCUT2D eigenvalue weighted by Gasteiger charge is -2.37. The lowest BCUT2D eigenvalue weighted by molar-refractivity contribution is 0.145. The molecule has 0 unspecified atom stereocenters. The smallest absolute Gasteiger partial charge is 0.317 e. The average molecular weight is 340 g/mol. The molecule has 1 aliphatic rings. The van der Waals surface area contributed by atoms with Gasteiger partial charge in [-0.1, -0.05) is 18.2 Å². The number of nitrogens with zero attached hydrogens (tertiary/aromatic N) is 3. The highest BCUT2D eigenvalue weighted by atomic mass is 16.5. The molecule has 1 N–H and O–H groups in total. The van der Waals surface area contributed by atoms with Gasteiger partial charge in [0.2, 0.25) is 0 Å². The number of urea groups is 1. The Morgan fingerprint density at radius 1 is 1.32 bits per heavy atom. The molecule has 1 aromatic carbocycles. The molecule has 0 aliphatic carbocycles. The Balaban J connectivity index is 1.56. The van der Waals surface area contributed by atoms with Crippen LogP contribution in [-0.4, -0.2) is 48.7 Å². The van der Waals surface area contributed by atoms with Gasteiger partial charge in [0.25, 0.3) is 0 Å². The number of rotatable bonds is 5. The number of benzene rings is 1. The number of carbonyl (C=O) groups excluding carboxylic acids is 1. The molecule has 6 nitrogen and oxygen atoms in total. The largest absolute Gasteiger partial charge is 0.485 e. The minimum absolute atomic E-state index is 0.0551. The molecular formula is C19H24N4O2. The van der Waals surface area contributed by atoms with E-state index in [1.54, 1.807) is 18.1 Å². The molecule has 6 heteroatoms. The van der Waals surface area contributed by atoms with Crippen LogP contribution in [-0.2, 0) is 6.54 Å². The zero-order valence-electron chi connectivity index (χ0n) is 14.7. The van der Waals surface area contributed by atoms with Crippen molar-refractivity contribution in [3.63, 3.8) is 0 Å². The minimum Gasteiger partial charge on any atom is -0.485 e. The SMILES string of the molecule is CCN1C[C@H](CN(C)C(=O)NCc2ccccn2)Oc2ccccc21. The van der Waals surface area contributed by atoms with Crippen LogP contribution in [0.3, 0.4) is 0 Å². The molecule has 3 rings (SSSR count). The standard InChI is InChI=1S/C19H24N4O2/c1-3-23-14-16(25-18-10-5-4-9-17(18)23)13-22(2)19(24)21-12-15-8-6-7-11-20-15/h4-11,16H,3,12-14H2,1-2H3,(H,21,24)/t16-/m0/s1. The van der Waals surface area contributed by atoms with E-state index in [0.717, 1.165) is 30.2 Å². The van der Waals surface area contributed by atoms with Crippen molar-refractivity contribution in [2.45, 2.75) is 19.6 Å². The van der Waals surface area contributed by atoms with Crippen molar-refractivity contribution in [1.29, 1.82) is 0 Å². The molecule has 0 bridgehead atoms.